The summed E-state index contributed by atoms with van der Waals surface area (Å²) in [5.74, 6) is 1.74. The fraction of sp³-hybridized carbons (Fsp3) is 0.214. The molecule has 1 aromatic heterocycles. The van der Waals surface area contributed by atoms with Gasteiger partial charge in [0.05, 0.1) is 25.1 Å². The molecule has 0 atom stereocenters. The smallest absolute Gasteiger partial charge is 0.250 e. The van der Waals surface area contributed by atoms with E-state index in [0.29, 0.717) is 59.0 Å². The van der Waals surface area contributed by atoms with Gasteiger partial charge in [0, 0.05) is 43.8 Å². The number of anilines is 4. The quantitative estimate of drug-likeness (QED) is 0.139. The second kappa shape index (κ2) is 13.7. The fourth-order valence-electron chi connectivity index (χ4n) is 3.91. The Kier molecular flexibility index (Phi) is 9.79. The minimum absolute atomic E-state index is 0.265. The lowest BCUT2D eigenvalue weighted by Crippen LogP contribution is -2.37. The Morgan fingerprint density at radius 2 is 1.78 bits per heavy atom. The van der Waals surface area contributed by atoms with Gasteiger partial charge in [0.2, 0.25) is 17.8 Å². The summed E-state index contributed by atoms with van der Waals surface area (Å²) in [4.78, 5) is 15.8. The first-order chi connectivity index (χ1) is 19.9. The predicted octanol–water partition coefficient (Wildman–Crippen LogP) is 7.51. The van der Waals surface area contributed by atoms with Crippen molar-refractivity contribution in [1.82, 2.24) is 15.0 Å². The van der Waals surface area contributed by atoms with Crippen LogP contribution in [0.2, 0.25) is 15.1 Å². The van der Waals surface area contributed by atoms with E-state index in [-0.39, 0.29) is 12.6 Å². The zero-order valence-corrected chi connectivity index (χ0v) is 25.7. The van der Waals surface area contributed by atoms with Crippen LogP contribution >= 0.6 is 50.7 Å². The van der Waals surface area contributed by atoms with Crippen molar-refractivity contribution >= 4 is 80.5 Å². The number of benzene rings is 3. The second-order valence-electron chi connectivity index (χ2n) is 9.02. The van der Waals surface area contributed by atoms with E-state index in [0.717, 1.165) is 26.9 Å². The van der Waals surface area contributed by atoms with Gasteiger partial charge in [-0.3, -0.25) is 0 Å². The number of aromatic nitrogens is 3. The number of hydrogen-bond donors (Lipinski definition) is 2. The first-order valence-electron chi connectivity index (χ1n) is 12.6. The first-order valence-corrected chi connectivity index (χ1v) is 14.5. The molecule has 1 saturated heterocycles. The molecule has 3 aromatic carbocycles. The Bertz CT molecular complexity index is 1570. The number of morpholine rings is 1. The molecule has 1 fully saturated rings. The summed E-state index contributed by atoms with van der Waals surface area (Å²) in [5, 5.41) is 9.35. The molecule has 0 unspecified atom stereocenters. The number of hydrogen-bond acceptors (Lipinski definition) is 9. The topological polar surface area (TPSA) is 96.8 Å². The molecule has 0 aliphatic carbocycles. The highest BCUT2D eigenvalue weighted by atomic mass is 79.9. The van der Waals surface area contributed by atoms with E-state index >= 15 is 0 Å². The van der Waals surface area contributed by atoms with E-state index in [1.165, 1.54) is 0 Å². The monoisotopic (exact) mass is 675 g/mol. The molecule has 4 aromatic rings. The van der Waals surface area contributed by atoms with Crippen LogP contribution < -0.4 is 20.4 Å². The number of nitrogens with one attached hydrogen (secondary N) is 2. The zero-order chi connectivity index (χ0) is 28.8. The Labute approximate surface area is 261 Å². The van der Waals surface area contributed by atoms with Crippen LogP contribution in [-0.2, 0) is 11.3 Å². The minimum Gasteiger partial charge on any atom is -0.488 e. The molecule has 13 heteroatoms. The summed E-state index contributed by atoms with van der Waals surface area (Å²) < 4.78 is 12.3. The van der Waals surface area contributed by atoms with Gasteiger partial charge in [-0.2, -0.15) is 20.1 Å². The maximum absolute atomic E-state index is 6.36. The molecule has 0 amide bonds. The third-order valence-electron chi connectivity index (χ3n) is 6.10. The Morgan fingerprint density at radius 3 is 2.59 bits per heavy atom. The van der Waals surface area contributed by atoms with Crippen LogP contribution in [0.4, 0.5) is 23.5 Å². The number of halogens is 4. The SMILES string of the molecule is Cc1cc(Br)c(Nc2nc(NN=Cc3ccccc3OCc3ccc(Cl)cc3Cl)nc(N3CCOCC3)n2)cc1Cl. The van der Waals surface area contributed by atoms with Gasteiger partial charge in [-0.25, -0.2) is 5.43 Å². The van der Waals surface area contributed by atoms with Crippen LogP contribution in [0, 0.1) is 6.92 Å². The molecule has 0 radical (unpaired) electrons. The van der Waals surface area contributed by atoms with Crippen LogP contribution in [0.3, 0.4) is 0 Å². The molecule has 212 valence electrons. The van der Waals surface area contributed by atoms with Crippen molar-refractivity contribution in [3.05, 3.63) is 90.8 Å². The third kappa shape index (κ3) is 7.78. The van der Waals surface area contributed by atoms with Crippen molar-refractivity contribution in [2.75, 3.05) is 41.9 Å². The lowest BCUT2D eigenvalue weighted by Gasteiger charge is -2.27. The Hall–Kier alpha value is -3.15. The van der Waals surface area contributed by atoms with Crippen LogP contribution in [0.25, 0.3) is 0 Å². The number of para-hydroxylation sites is 1. The van der Waals surface area contributed by atoms with Crippen LogP contribution in [-0.4, -0.2) is 47.5 Å². The zero-order valence-electron chi connectivity index (χ0n) is 21.9. The average molecular weight is 678 g/mol. The molecular weight excluding hydrogens is 653 g/mol. The van der Waals surface area contributed by atoms with Crippen LogP contribution in [0.1, 0.15) is 16.7 Å². The summed E-state index contributed by atoms with van der Waals surface area (Å²) in [6.07, 6.45) is 1.64. The first kappa shape index (κ1) is 29.3. The molecule has 5 rings (SSSR count). The highest BCUT2D eigenvalue weighted by Crippen LogP contribution is 2.31. The Morgan fingerprint density at radius 1 is 1.00 bits per heavy atom. The van der Waals surface area contributed by atoms with Crippen molar-refractivity contribution in [3.8, 4) is 5.75 Å². The van der Waals surface area contributed by atoms with Gasteiger partial charge in [0.1, 0.15) is 12.4 Å². The normalized spacial score (nSPS) is 13.4. The predicted molar refractivity (Wildman–Crippen MR) is 168 cm³/mol. The maximum Gasteiger partial charge on any atom is 0.250 e. The van der Waals surface area contributed by atoms with Gasteiger partial charge < -0.3 is 19.7 Å². The van der Waals surface area contributed by atoms with Crippen LogP contribution in [0.15, 0.2) is 64.2 Å². The number of rotatable bonds is 9. The summed E-state index contributed by atoms with van der Waals surface area (Å²) in [5.41, 5.74) is 6.18. The number of nitrogens with zero attached hydrogens (tertiary/aromatic N) is 5. The minimum atomic E-state index is 0.265. The largest absolute Gasteiger partial charge is 0.488 e. The van der Waals surface area contributed by atoms with Gasteiger partial charge in [0.15, 0.2) is 0 Å². The van der Waals surface area contributed by atoms with E-state index < -0.39 is 0 Å². The maximum atomic E-state index is 6.36. The lowest BCUT2D eigenvalue weighted by molar-refractivity contribution is 0.122. The van der Waals surface area contributed by atoms with E-state index in [1.54, 1.807) is 18.3 Å². The number of ether oxygens (including phenoxy) is 2. The lowest BCUT2D eigenvalue weighted by atomic mass is 10.2. The van der Waals surface area contributed by atoms with Gasteiger partial charge in [-0.05, 0) is 64.8 Å². The molecule has 0 spiro atoms. The summed E-state index contributed by atoms with van der Waals surface area (Å²) in [7, 11) is 0. The van der Waals surface area contributed by atoms with Crippen molar-refractivity contribution in [1.29, 1.82) is 0 Å². The van der Waals surface area contributed by atoms with E-state index in [1.807, 2.05) is 54.3 Å². The summed E-state index contributed by atoms with van der Waals surface area (Å²) in [6, 6.07) is 16.6. The third-order valence-corrected chi connectivity index (χ3v) is 7.75. The van der Waals surface area contributed by atoms with Crippen molar-refractivity contribution in [2.45, 2.75) is 13.5 Å². The second-order valence-corrected chi connectivity index (χ2v) is 11.1. The number of aryl methyl sites for hydroxylation is 1. The van der Waals surface area contributed by atoms with Gasteiger partial charge >= 0.3 is 0 Å². The molecule has 9 nitrogen and oxygen atoms in total. The van der Waals surface area contributed by atoms with E-state index in [2.05, 4.69) is 46.7 Å². The highest BCUT2D eigenvalue weighted by molar-refractivity contribution is 9.10. The van der Waals surface area contributed by atoms with Crippen molar-refractivity contribution < 1.29 is 9.47 Å². The van der Waals surface area contributed by atoms with Crippen molar-refractivity contribution in [2.24, 2.45) is 5.10 Å². The number of hydrazone groups is 1. The molecule has 2 heterocycles. The average Bonchev–Trinajstić information content (AvgIpc) is 2.96. The summed E-state index contributed by atoms with van der Waals surface area (Å²) in [6.45, 7) is 4.72. The molecule has 0 bridgehead atoms. The van der Waals surface area contributed by atoms with E-state index in [9.17, 15) is 0 Å². The van der Waals surface area contributed by atoms with Gasteiger partial charge in [-0.15, -0.1) is 0 Å². The molecule has 1 aliphatic heterocycles. The molecule has 0 saturated carbocycles. The molecule has 1 aliphatic rings. The van der Waals surface area contributed by atoms with Gasteiger partial charge in [0.25, 0.3) is 0 Å². The van der Waals surface area contributed by atoms with E-state index in [4.69, 9.17) is 44.3 Å². The molecule has 2 N–H and O–H groups in total. The van der Waals surface area contributed by atoms with Gasteiger partial charge in [-0.1, -0.05) is 53.0 Å². The Balaban J connectivity index is 1.35. The summed E-state index contributed by atoms with van der Waals surface area (Å²) >= 11 is 22.2. The fourth-order valence-corrected chi connectivity index (χ4v) is 5.09. The van der Waals surface area contributed by atoms with Crippen molar-refractivity contribution in [3.63, 3.8) is 0 Å². The van der Waals surface area contributed by atoms with Crippen LogP contribution in [0.5, 0.6) is 5.75 Å². The highest BCUT2D eigenvalue weighted by Gasteiger charge is 2.17. The molecule has 41 heavy (non-hydrogen) atoms. The molecular formula is C28H25BrCl3N7O2. The standard InChI is InChI=1S/C28H25BrCl3N7O2/c1-17-12-21(29)24(14-22(17)31)34-26-35-27(37-28(36-26)39-8-10-40-11-9-39)38-33-15-18-4-2-3-5-25(18)41-16-19-6-7-20(30)13-23(19)32/h2-7,12-15H,8-11,16H2,1H3,(H2,34,35,36,37,38).